The topological polar surface area (TPSA) is 72.2 Å². The maximum absolute atomic E-state index is 13.1. The Kier molecular flexibility index (Phi) is 5.38. The van der Waals surface area contributed by atoms with Crippen molar-refractivity contribution >= 4 is 50.7 Å². The fraction of sp³-hybridized carbons (Fsp3) is 0.278. The number of aromatic nitrogens is 1. The van der Waals surface area contributed by atoms with Gasteiger partial charge in [0.05, 0.1) is 10.6 Å². The first-order valence-electron chi connectivity index (χ1n) is 8.02. The van der Waals surface area contributed by atoms with Crippen molar-refractivity contribution in [1.29, 1.82) is 5.41 Å². The predicted molar refractivity (Wildman–Crippen MR) is 107 cm³/mol. The number of alkyl halides is 3. The number of hydrogen-bond acceptors (Lipinski definition) is 4. The van der Waals surface area contributed by atoms with Crippen LogP contribution in [0.2, 0.25) is 0 Å². The first kappa shape index (κ1) is 20.3. The minimum Gasteiger partial charge on any atom is -0.464 e. The van der Waals surface area contributed by atoms with E-state index in [9.17, 15) is 8.42 Å². The molecule has 1 aromatic heterocycles. The number of nitrogens with zero attached hydrogens (tertiary/aromatic N) is 1. The van der Waals surface area contributed by atoms with E-state index in [0.29, 0.717) is 12.1 Å². The minimum atomic E-state index is -3.84. The first-order chi connectivity index (χ1) is 12.5. The predicted octanol–water partition coefficient (Wildman–Crippen LogP) is 5.16. The van der Waals surface area contributed by atoms with Crippen LogP contribution in [0.25, 0.3) is 0 Å². The summed E-state index contributed by atoms with van der Waals surface area (Å²) in [7, 11) is -3.84. The van der Waals surface area contributed by atoms with E-state index in [1.54, 1.807) is 36.4 Å². The van der Waals surface area contributed by atoms with Crippen LogP contribution in [0.15, 0.2) is 58.6 Å². The number of hydrogen-bond donors (Lipinski definition) is 1. The van der Waals surface area contributed by atoms with Crippen LogP contribution >= 0.6 is 34.8 Å². The lowest BCUT2D eigenvalue weighted by Gasteiger charge is -2.22. The SMILES string of the molecule is CC1=C(C(OC(=N)C(Cl)(Cl)Cl)c2cccn2S(=O)(=O)c2ccc(C)cc2)C1. The first-order valence-corrected chi connectivity index (χ1v) is 10.6. The molecule has 2 aromatic rings. The van der Waals surface area contributed by atoms with E-state index in [4.69, 9.17) is 44.9 Å². The van der Waals surface area contributed by atoms with E-state index in [-0.39, 0.29) is 4.90 Å². The average Bonchev–Trinajstić information content (AvgIpc) is 3.09. The number of halogens is 3. The molecule has 0 saturated heterocycles. The molecule has 1 aliphatic carbocycles. The molecule has 0 fully saturated rings. The molecule has 1 heterocycles. The van der Waals surface area contributed by atoms with Gasteiger partial charge in [-0.25, -0.2) is 12.4 Å². The molecular formula is C18H17Cl3N2O3S. The van der Waals surface area contributed by atoms with E-state index in [0.717, 1.165) is 20.7 Å². The van der Waals surface area contributed by atoms with Crippen LogP contribution in [0, 0.1) is 12.3 Å². The third-order valence-electron chi connectivity index (χ3n) is 4.28. The zero-order valence-electron chi connectivity index (χ0n) is 14.5. The molecule has 9 heteroatoms. The molecule has 0 spiro atoms. The number of aryl methyl sites for hydroxylation is 1. The van der Waals surface area contributed by atoms with Gasteiger partial charge in [0.25, 0.3) is 13.8 Å². The fourth-order valence-corrected chi connectivity index (χ4v) is 4.18. The molecule has 3 rings (SSSR count). The molecule has 0 aliphatic heterocycles. The molecule has 27 heavy (non-hydrogen) atoms. The summed E-state index contributed by atoms with van der Waals surface area (Å²) in [4.78, 5) is 0.155. The van der Waals surface area contributed by atoms with Crippen LogP contribution in [0.5, 0.6) is 0 Å². The Morgan fingerprint density at radius 2 is 1.78 bits per heavy atom. The van der Waals surface area contributed by atoms with Crippen LogP contribution in [0.3, 0.4) is 0 Å². The summed E-state index contributed by atoms with van der Waals surface area (Å²) in [6.45, 7) is 3.79. The summed E-state index contributed by atoms with van der Waals surface area (Å²) in [6.07, 6.45) is 1.30. The summed E-state index contributed by atoms with van der Waals surface area (Å²) in [5.41, 5.74) is 3.23. The monoisotopic (exact) mass is 446 g/mol. The Morgan fingerprint density at radius 1 is 1.19 bits per heavy atom. The smallest absolute Gasteiger partial charge is 0.267 e. The van der Waals surface area contributed by atoms with Crippen LogP contribution in [0.1, 0.15) is 30.7 Å². The molecule has 1 N–H and O–H groups in total. The zero-order valence-corrected chi connectivity index (χ0v) is 17.6. The minimum absolute atomic E-state index is 0.155. The number of ether oxygens (including phenoxy) is 1. The van der Waals surface area contributed by atoms with Gasteiger partial charge >= 0.3 is 0 Å². The molecule has 5 nitrogen and oxygen atoms in total. The molecule has 0 radical (unpaired) electrons. The largest absolute Gasteiger partial charge is 0.464 e. The van der Waals surface area contributed by atoms with Gasteiger partial charge in [0.15, 0.2) is 6.10 Å². The Balaban J connectivity index is 2.03. The number of benzene rings is 1. The van der Waals surface area contributed by atoms with Crippen molar-refractivity contribution in [2.75, 3.05) is 0 Å². The second-order valence-electron chi connectivity index (χ2n) is 6.35. The van der Waals surface area contributed by atoms with Gasteiger partial charge in [-0.1, -0.05) is 58.1 Å². The van der Waals surface area contributed by atoms with E-state index in [1.165, 1.54) is 6.20 Å². The standard InChI is InChI=1S/C18H17Cl3N2O3S/c1-11-5-7-13(8-6-11)27(24,25)23-9-3-4-15(23)16(14-10-12(14)2)26-17(22)18(19,20)21/h3-9,16,22H,10H2,1-2H3. The van der Waals surface area contributed by atoms with Gasteiger partial charge < -0.3 is 4.74 Å². The highest BCUT2D eigenvalue weighted by atomic mass is 35.6. The molecule has 1 aromatic carbocycles. The second kappa shape index (κ2) is 7.17. The number of nitrogens with one attached hydrogen (secondary N) is 1. The summed E-state index contributed by atoms with van der Waals surface area (Å²) >= 11 is 17.2. The molecule has 144 valence electrons. The van der Waals surface area contributed by atoms with Crippen molar-refractivity contribution in [2.45, 2.75) is 35.1 Å². The maximum atomic E-state index is 13.1. The van der Waals surface area contributed by atoms with Gasteiger partial charge in [-0.2, -0.15) is 0 Å². The quantitative estimate of drug-likeness (QED) is 0.298. The molecule has 1 unspecified atom stereocenters. The molecule has 0 amide bonds. The molecule has 1 atom stereocenters. The van der Waals surface area contributed by atoms with Crippen molar-refractivity contribution in [2.24, 2.45) is 0 Å². The Morgan fingerprint density at radius 3 is 2.30 bits per heavy atom. The summed E-state index contributed by atoms with van der Waals surface area (Å²) in [5.74, 6) is -0.565. The number of rotatable bonds is 5. The highest BCUT2D eigenvalue weighted by Crippen LogP contribution is 2.45. The lowest BCUT2D eigenvalue weighted by atomic mass is 10.2. The molecular weight excluding hydrogens is 431 g/mol. The van der Waals surface area contributed by atoms with Crippen LogP contribution in [-0.4, -0.2) is 22.1 Å². The zero-order chi connectivity index (χ0) is 20.0. The fourth-order valence-electron chi connectivity index (χ4n) is 2.68. The summed E-state index contributed by atoms with van der Waals surface area (Å²) < 4.78 is 30.9. The van der Waals surface area contributed by atoms with Gasteiger partial charge in [-0.05, 0) is 50.1 Å². The highest BCUT2D eigenvalue weighted by Gasteiger charge is 2.38. The van der Waals surface area contributed by atoms with E-state index < -0.39 is 25.8 Å². The normalized spacial score (nSPS) is 15.6. The third-order valence-corrected chi connectivity index (χ3v) is 6.51. The van der Waals surface area contributed by atoms with Gasteiger partial charge in [0.1, 0.15) is 0 Å². The Bertz CT molecular complexity index is 1020. The molecule has 0 saturated carbocycles. The van der Waals surface area contributed by atoms with E-state index in [2.05, 4.69) is 0 Å². The van der Waals surface area contributed by atoms with E-state index >= 15 is 0 Å². The van der Waals surface area contributed by atoms with Gasteiger partial charge in [-0.15, -0.1) is 0 Å². The van der Waals surface area contributed by atoms with Crippen LogP contribution < -0.4 is 0 Å². The van der Waals surface area contributed by atoms with Crippen molar-refractivity contribution in [3.63, 3.8) is 0 Å². The van der Waals surface area contributed by atoms with Crippen LogP contribution in [-0.2, 0) is 14.8 Å². The highest BCUT2D eigenvalue weighted by molar-refractivity contribution is 7.90. The Labute approximate surface area is 173 Å². The van der Waals surface area contributed by atoms with Crippen molar-refractivity contribution in [3.8, 4) is 0 Å². The van der Waals surface area contributed by atoms with Gasteiger partial charge in [0, 0.05) is 6.20 Å². The van der Waals surface area contributed by atoms with Gasteiger partial charge in [0.2, 0.25) is 5.90 Å². The number of allylic oxidation sites excluding steroid dienone is 1. The van der Waals surface area contributed by atoms with Crippen molar-refractivity contribution in [3.05, 3.63) is 65.0 Å². The summed E-state index contributed by atoms with van der Waals surface area (Å²) in [5, 5.41) is 7.87. The van der Waals surface area contributed by atoms with E-state index in [1.807, 2.05) is 13.8 Å². The third kappa shape index (κ3) is 4.19. The lowest BCUT2D eigenvalue weighted by Crippen LogP contribution is -2.25. The van der Waals surface area contributed by atoms with Crippen molar-refractivity contribution in [1.82, 2.24) is 3.97 Å². The molecule has 0 bridgehead atoms. The Hall–Kier alpha value is -1.47. The van der Waals surface area contributed by atoms with Crippen molar-refractivity contribution < 1.29 is 13.2 Å². The van der Waals surface area contributed by atoms with Crippen LogP contribution in [0.4, 0.5) is 0 Å². The maximum Gasteiger partial charge on any atom is 0.267 e. The molecule has 1 aliphatic rings. The lowest BCUT2D eigenvalue weighted by molar-refractivity contribution is 0.220. The summed E-state index contributed by atoms with van der Waals surface area (Å²) in [6, 6.07) is 9.80. The average molecular weight is 448 g/mol. The second-order valence-corrected chi connectivity index (χ2v) is 10.5. The van der Waals surface area contributed by atoms with Gasteiger partial charge in [-0.3, -0.25) is 5.41 Å².